The maximum absolute atomic E-state index is 12.2. The van der Waals surface area contributed by atoms with E-state index in [1.54, 1.807) is 0 Å². The van der Waals surface area contributed by atoms with Gasteiger partial charge in [0, 0.05) is 51.0 Å². The minimum atomic E-state index is -0.118. The lowest BCUT2D eigenvalue weighted by Crippen LogP contribution is -2.41. The molecule has 0 aliphatic carbocycles. The number of amides is 2. The maximum atomic E-state index is 12.2. The lowest BCUT2D eigenvalue weighted by molar-refractivity contribution is 0.0342. The number of hydrogen-bond donors (Lipinski definition) is 2. The second-order valence-corrected chi connectivity index (χ2v) is 8.19. The van der Waals surface area contributed by atoms with Gasteiger partial charge in [-0.3, -0.25) is 4.90 Å². The van der Waals surface area contributed by atoms with E-state index in [1.165, 1.54) is 16.8 Å². The molecule has 0 bridgehead atoms. The first-order valence-corrected chi connectivity index (χ1v) is 10.9. The molecule has 0 radical (unpaired) electrons. The first-order chi connectivity index (χ1) is 14.7. The Labute approximate surface area is 179 Å². The van der Waals surface area contributed by atoms with Crippen molar-refractivity contribution in [3.8, 4) is 0 Å². The van der Waals surface area contributed by atoms with Crippen LogP contribution in [0.5, 0.6) is 0 Å². The molecule has 0 saturated carbocycles. The molecule has 2 heterocycles. The summed E-state index contributed by atoms with van der Waals surface area (Å²) in [5.74, 6) is 0. The van der Waals surface area contributed by atoms with Crippen molar-refractivity contribution < 1.29 is 9.53 Å². The number of carbonyl (C=O) groups excluding carboxylic acids is 1. The van der Waals surface area contributed by atoms with Gasteiger partial charge in [-0.05, 0) is 36.1 Å². The van der Waals surface area contributed by atoms with E-state index < -0.39 is 0 Å². The van der Waals surface area contributed by atoms with Crippen molar-refractivity contribution in [3.63, 3.8) is 0 Å². The summed E-state index contributed by atoms with van der Waals surface area (Å²) in [4.78, 5) is 17.0. The van der Waals surface area contributed by atoms with Gasteiger partial charge in [0.25, 0.3) is 0 Å². The number of morpholine rings is 1. The number of hydrogen-bond acceptors (Lipinski definition) is 4. The number of nitrogens with one attached hydrogen (secondary N) is 2. The number of para-hydroxylation sites is 1. The summed E-state index contributed by atoms with van der Waals surface area (Å²) in [6.07, 6.45) is 1.07. The van der Waals surface area contributed by atoms with E-state index in [-0.39, 0.29) is 6.03 Å². The lowest BCUT2D eigenvalue weighted by Gasteiger charge is -2.26. The van der Waals surface area contributed by atoms with Gasteiger partial charge in [-0.1, -0.05) is 42.5 Å². The Hall–Kier alpha value is -2.57. The molecule has 2 aliphatic rings. The third kappa shape index (κ3) is 5.32. The fraction of sp³-hybridized carbons (Fsp3) is 0.458. The second-order valence-electron chi connectivity index (χ2n) is 8.19. The molecule has 30 heavy (non-hydrogen) atoms. The van der Waals surface area contributed by atoms with Gasteiger partial charge in [-0.15, -0.1) is 0 Å². The minimum absolute atomic E-state index is 0.118. The SMILES string of the molecule is CC1Cc2ccccc2N1CCNC(=O)NCc1ccc(CN2CCOCC2)cc1. The molecular formula is C24H32N4O2. The van der Waals surface area contributed by atoms with Crippen molar-refractivity contribution in [2.75, 3.05) is 44.3 Å². The van der Waals surface area contributed by atoms with Crippen LogP contribution in [0.4, 0.5) is 10.5 Å². The molecule has 2 amide bonds. The number of ether oxygens (including phenoxy) is 1. The lowest BCUT2D eigenvalue weighted by atomic mass is 10.1. The topological polar surface area (TPSA) is 56.8 Å². The summed E-state index contributed by atoms with van der Waals surface area (Å²) >= 11 is 0. The molecular weight excluding hydrogens is 376 g/mol. The average molecular weight is 409 g/mol. The highest BCUT2D eigenvalue weighted by molar-refractivity contribution is 5.73. The quantitative estimate of drug-likeness (QED) is 0.740. The Morgan fingerprint density at radius 1 is 1.03 bits per heavy atom. The van der Waals surface area contributed by atoms with Gasteiger partial charge in [0.2, 0.25) is 0 Å². The Kier molecular flexibility index (Phi) is 6.87. The molecule has 2 aromatic rings. The van der Waals surface area contributed by atoms with Gasteiger partial charge in [0.1, 0.15) is 0 Å². The summed E-state index contributed by atoms with van der Waals surface area (Å²) in [5.41, 5.74) is 5.10. The zero-order valence-corrected chi connectivity index (χ0v) is 17.8. The zero-order valence-electron chi connectivity index (χ0n) is 17.8. The molecule has 1 saturated heterocycles. The number of rotatable bonds is 7. The number of carbonyl (C=O) groups is 1. The highest BCUT2D eigenvalue weighted by Gasteiger charge is 2.24. The number of nitrogens with zero attached hydrogens (tertiary/aromatic N) is 2. The van der Waals surface area contributed by atoms with Crippen LogP contribution in [0.2, 0.25) is 0 Å². The third-order valence-corrected chi connectivity index (χ3v) is 5.97. The number of anilines is 1. The van der Waals surface area contributed by atoms with Crippen LogP contribution < -0.4 is 15.5 Å². The van der Waals surface area contributed by atoms with Crippen LogP contribution in [0.15, 0.2) is 48.5 Å². The minimum Gasteiger partial charge on any atom is -0.379 e. The number of urea groups is 1. The molecule has 6 nitrogen and oxygen atoms in total. The van der Waals surface area contributed by atoms with E-state index in [4.69, 9.17) is 4.74 Å². The maximum Gasteiger partial charge on any atom is 0.315 e. The molecule has 0 spiro atoms. The molecule has 0 aromatic heterocycles. The molecule has 2 N–H and O–H groups in total. The van der Waals surface area contributed by atoms with Gasteiger partial charge in [0.15, 0.2) is 0 Å². The van der Waals surface area contributed by atoms with Crippen molar-refractivity contribution in [2.45, 2.75) is 32.5 Å². The number of fused-ring (bicyclic) bond motifs is 1. The predicted molar refractivity (Wildman–Crippen MR) is 120 cm³/mol. The average Bonchev–Trinajstić information content (AvgIpc) is 3.09. The van der Waals surface area contributed by atoms with E-state index in [1.807, 2.05) is 0 Å². The van der Waals surface area contributed by atoms with Crippen LogP contribution in [0.1, 0.15) is 23.6 Å². The Balaban J connectivity index is 1.17. The van der Waals surface area contributed by atoms with Gasteiger partial charge < -0.3 is 20.3 Å². The summed E-state index contributed by atoms with van der Waals surface area (Å²) in [6.45, 7) is 8.80. The van der Waals surface area contributed by atoms with Crippen LogP contribution in [-0.4, -0.2) is 56.4 Å². The van der Waals surface area contributed by atoms with Crippen LogP contribution in [0, 0.1) is 0 Å². The molecule has 2 aromatic carbocycles. The normalized spacial score (nSPS) is 18.8. The molecule has 1 unspecified atom stereocenters. The van der Waals surface area contributed by atoms with Crippen LogP contribution in [0.25, 0.3) is 0 Å². The van der Waals surface area contributed by atoms with E-state index in [9.17, 15) is 4.79 Å². The highest BCUT2D eigenvalue weighted by atomic mass is 16.5. The van der Waals surface area contributed by atoms with Crippen molar-refractivity contribution in [2.24, 2.45) is 0 Å². The van der Waals surface area contributed by atoms with Crippen molar-refractivity contribution >= 4 is 11.7 Å². The Bertz CT molecular complexity index is 833. The predicted octanol–water partition coefficient (Wildman–Crippen LogP) is 2.77. The Morgan fingerprint density at radius 2 is 1.77 bits per heavy atom. The smallest absolute Gasteiger partial charge is 0.315 e. The molecule has 2 aliphatic heterocycles. The summed E-state index contributed by atoms with van der Waals surface area (Å²) in [6, 6.07) is 17.4. The van der Waals surface area contributed by atoms with Gasteiger partial charge in [-0.25, -0.2) is 4.79 Å². The summed E-state index contributed by atoms with van der Waals surface area (Å²) in [5, 5.41) is 5.95. The van der Waals surface area contributed by atoms with Gasteiger partial charge >= 0.3 is 6.03 Å². The van der Waals surface area contributed by atoms with E-state index in [2.05, 4.69) is 75.9 Å². The Morgan fingerprint density at radius 3 is 2.57 bits per heavy atom. The van der Waals surface area contributed by atoms with Gasteiger partial charge in [0.05, 0.1) is 13.2 Å². The first kappa shape index (κ1) is 20.7. The third-order valence-electron chi connectivity index (χ3n) is 5.97. The summed E-state index contributed by atoms with van der Waals surface area (Å²) in [7, 11) is 0. The second kappa shape index (κ2) is 9.96. The largest absolute Gasteiger partial charge is 0.379 e. The fourth-order valence-corrected chi connectivity index (χ4v) is 4.29. The van der Waals surface area contributed by atoms with E-state index in [0.29, 0.717) is 19.1 Å². The van der Waals surface area contributed by atoms with E-state index in [0.717, 1.165) is 51.4 Å². The molecule has 6 heteroatoms. The van der Waals surface area contributed by atoms with E-state index >= 15 is 0 Å². The zero-order chi connectivity index (χ0) is 20.8. The van der Waals surface area contributed by atoms with Crippen LogP contribution >= 0.6 is 0 Å². The standard InChI is InChI=1S/C24H32N4O2/c1-19-16-22-4-2-3-5-23(22)28(19)11-10-25-24(29)26-17-20-6-8-21(9-7-20)18-27-12-14-30-15-13-27/h2-9,19H,10-18H2,1H3,(H2,25,26,29). The molecule has 160 valence electrons. The van der Waals surface area contributed by atoms with Crippen LogP contribution in [-0.2, 0) is 24.2 Å². The first-order valence-electron chi connectivity index (χ1n) is 10.9. The molecule has 1 atom stereocenters. The van der Waals surface area contributed by atoms with Crippen molar-refractivity contribution in [1.29, 1.82) is 0 Å². The summed E-state index contributed by atoms with van der Waals surface area (Å²) < 4.78 is 5.40. The van der Waals surface area contributed by atoms with Gasteiger partial charge in [-0.2, -0.15) is 0 Å². The van der Waals surface area contributed by atoms with Crippen molar-refractivity contribution in [1.82, 2.24) is 15.5 Å². The molecule has 1 fully saturated rings. The molecule has 4 rings (SSSR count). The monoisotopic (exact) mass is 408 g/mol. The number of benzene rings is 2. The highest BCUT2D eigenvalue weighted by Crippen LogP contribution is 2.31. The van der Waals surface area contributed by atoms with Crippen LogP contribution in [0.3, 0.4) is 0 Å². The van der Waals surface area contributed by atoms with Crippen molar-refractivity contribution in [3.05, 3.63) is 65.2 Å². The fourth-order valence-electron chi connectivity index (χ4n) is 4.29.